The van der Waals surface area contributed by atoms with E-state index in [9.17, 15) is 4.79 Å². The van der Waals surface area contributed by atoms with E-state index < -0.39 is 5.97 Å². The van der Waals surface area contributed by atoms with E-state index in [1.807, 2.05) is 18.6 Å². The molecule has 0 radical (unpaired) electrons. The number of rotatable bonds is 6. The number of hydrogen-bond acceptors (Lipinski definition) is 5. The number of aromatic nitrogens is 3. The van der Waals surface area contributed by atoms with Gasteiger partial charge in [-0.15, -0.1) is 11.3 Å². The Morgan fingerprint density at radius 2 is 2.32 bits per heavy atom. The molecule has 0 saturated carbocycles. The van der Waals surface area contributed by atoms with Crippen molar-refractivity contribution in [2.45, 2.75) is 32.0 Å². The van der Waals surface area contributed by atoms with Gasteiger partial charge in [0.2, 0.25) is 0 Å². The van der Waals surface area contributed by atoms with Gasteiger partial charge in [-0.2, -0.15) is 0 Å². The molecule has 2 rings (SSSR count). The molecule has 19 heavy (non-hydrogen) atoms. The van der Waals surface area contributed by atoms with E-state index >= 15 is 0 Å². The molecule has 0 aliphatic heterocycles. The van der Waals surface area contributed by atoms with Crippen LogP contribution in [0.25, 0.3) is 0 Å². The largest absolute Gasteiger partial charge is 0.481 e. The Kier molecular flexibility index (Phi) is 4.60. The molecule has 7 heteroatoms. The van der Waals surface area contributed by atoms with Crippen molar-refractivity contribution in [3.8, 4) is 0 Å². The molecule has 0 bridgehead atoms. The van der Waals surface area contributed by atoms with Gasteiger partial charge in [0, 0.05) is 16.8 Å². The average Bonchev–Trinajstić information content (AvgIpc) is 2.95. The minimum absolute atomic E-state index is 0.0296. The molecule has 0 atom stereocenters. The molecule has 0 aromatic carbocycles. The van der Waals surface area contributed by atoms with E-state index in [1.165, 1.54) is 16.6 Å². The van der Waals surface area contributed by atoms with Gasteiger partial charge in [-0.05, 0) is 13.3 Å². The summed E-state index contributed by atoms with van der Waals surface area (Å²) in [6.45, 7) is 4.76. The van der Waals surface area contributed by atoms with Crippen LogP contribution >= 0.6 is 23.1 Å². The van der Waals surface area contributed by atoms with Gasteiger partial charge in [-0.3, -0.25) is 4.79 Å². The molecule has 102 valence electrons. The van der Waals surface area contributed by atoms with Crippen LogP contribution in [0.15, 0.2) is 16.9 Å². The van der Waals surface area contributed by atoms with Gasteiger partial charge < -0.3 is 9.67 Å². The smallest absolute Gasteiger partial charge is 0.313 e. The second kappa shape index (κ2) is 6.21. The predicted octanol–water partition coefficient (Wildman–Crippen LogP) is 2.44. The second-order valence-corrected chi connectivity index (χ2v) is 5.90. The highest BCUT2D eigenvalue weighted by Gasteiger charge is 2.13. The van der Waals surface area contributed by atoms with Crippen LogP contribution < -0.4 is 0 Å². The van der Waals surface area contributed by atoms with Gasteiger partial charge in [0.15, 0.2) is 5.16 Å². The van der Waals surface area contributed by atoms with Crippen LogP contribution in [0.5, 0.6) is 0 Å². The number of aryl methyl sites for hydroxylation is 2. The van der Waals surface area contributed by atoms with Crippen LogP contribution in [-0.2, 0) is 17.8 Å². The minimum atomic E-state index is -0.827. The van der Waals surface area contributed by atoms with Crippen LogP contribution in [0.3, 0.4) is 0 Å². The average molecular weight is 297 g/mol. The Morgan fingerprint density at radius 3 is 2.89 bits per heavy atom. The van der Waals surface area contributed by atoms with E-state index in [1.54, 1.807) is 11.3 Å². The van der Waals surface area contributed by atoms with Crippen molar-refractivity contribution in [1.29, 1.82) is 0 Å². The van der Waals surface area contributed by atoms with Gasteiger partial charge in [-0.25, -0.2) is 9.97 Å². The lowest BCUT2D eigenvalue weighted by atomic mass is 10.3. The molecule has 1 N–H and O–H groups in total. The number of carbonyl (C=O) groups is 1. The summed E-state index contributed by atoms with van der Waals surface area (Å²) in [5.74, 6) is -0.798. The van der Waals surface area contributed by atoms with E-state index in [0.717, 1.165) is 23.0 Å². The van der Waals surface area contributed by atoms with Crippen LogP contribution in [0, 0.1) is 6.92 Å². The SMILES string of the molecule is CCc1cnc(SCC(=O)O)n1Cc1scnc1C. The molecule has 5 nitrogen and oxygen atoms in total. The normalized spacial score (nSPS) is 10.8. The number of thioether (sulfide) groups is 1. The van der Waals surface area contributed by atoms with Crippen LogP contribution in [0.4, 0.5) is 0 Å². The number of thiazole rings is 1. The first-order chi connectivity index (χ1) is 9.11. The molecular formula is C12H15N3O2S2. The molecule has 0 aliphatic carbocycles. The fourth-order valence-corrected chi connectivity index (χ4v) is 3.19. The lowest BCUT2D eigenvalue weighted by Crippen LogP contribution is -2.07. The lowest BCUT2D eigenvalue weighted by Gasteiger charge is -2.09. The maximum absolute atomic E-state index is 10.7. The van der Waals surface area contributed by atoms with Crippen molar-refractivity contribution in [2.75, 3.05) is 5.75 Å². The molecule has 0 unspecified atom stereocenters. The molecule has 0 saturated heterocycles. The predicted molar refractivity (Wildman–Crippen MR) is 75.9 cm³/mol. The molecule has 2 heterocycles. The van der Waals surface area contributed by atoms with Crippen LogP contribution in [-0.4, -0.2) is 31.4 Å². The Hall–Kier alpha value is -1.34. The third kappa shape index (κ3) is 3.36. The highest BCUT2D eigenvalue weighted by atomic mass is 32.2. The first kappa shape index (κ1) is 14.1. The zero-order chi connectivity index (χ0) is 13.8. The highest BCUT2D eigenvalue weighted by Crippen LogP contribution is 2.22. The topological polar surface area (TPSA) is 68.0 Å². The van der Waals surface area contributed by atoms with E-state index in [4.69, 9.17) is 5.11 Å². The van der Waals surface area contributed by atoms with Crippen molar-refractivity contribution in [3.05, 3.63) is 28.0 Å². The Balaban J connectivity index is 2.23. The number of imidazole rings is 1. The number of aliphatic carboxylic acids is 1. The summed E-state index contributed by atoms with van der Waals surface area (Å²) in [4.78, 5) is 20.4. The Bertz CT molecular complexity index is 577. The van der Waals surface area contributed by atoms with Crippen molar-refractivity contribution in [2.24, 2.45) is 0 Å². The fourth-order valence-electron chi connectivity index (χ4n) is 1.71. The molecule has 2 aromatic rings. The molecule has 0 amide bonds. The number of nitrogens with zero attached hydrogens (tertiary/aromatic N) is 3. The Morgan fingerprint density at radius 1 is 1.53 bits per heavy atom. The van der Waals surface area contributed by atoms with E-state index in [2.05, 4.69) is 21.5 Å². The third-order valence-electron chi connectivity index (χ3n) is 2.74. The van der Waals surface area contributed by atoms with Gasteiger partial charge in [-0.1, -0.05) is 18.7 Å². The molecule has 0 aliphatic rings. The summed E-state index contributed by atoms with van der Waals surface area (Å²) in [7, 11) is 0. The maximum atomic E-state index is 10.7. The lowest BCUT2D eigenvalue weighted by molar-refractivity contribution is -0.133. The van der Waals surface area contributed by atoms with Gasteiger partial charge in [0.1, 0.15) is 0 Å². The zero-order valence-corrected chi connectivity index (χ0v) is 12.4. The number of carboxylic acids is 1. The summed E-state index contributed by atoms with van der Waals surface area (Å²) in [5.41, 5.74) is 3.97. The summed E-state index contributed by atoms with van der Waals surface area (Å²) in [6, 6.07) is 0. The highest BCUT2D eigenvalue weighted by molar-refractivity contribution is 7.99. The standard InChI is InChI=1S/C12H15N3O2S2/c1-3-9-4-13-12(18-6-11(16)17)15(9)5-10-8(2)14-7-19-10/h4,7H,3,5-6H2,1-2H3,(H,16,17). The second-order valence-electron chi connectivity index (χ2n) is 4.02. The third-order valence-corrected chi connectivity index (χ3v) is 4.63. The fraction of sp³-hybridized carbons (Fsp3) is 0.417. The van der Waals surface area contributed by atoms with E-state index in [-0.39, 0.29) is 5.75 Å². The number of carboxylic acid groups (broad SMARTS) is 1. The summed E-state index contributed by atoms with van der Waals surface area (Å²) in [6.07, 6.45) is 2.69. The Labute approximate surface area is 119 Å². The summed E-state index contributed by atoms with van der Waals surface area (Å²) < 4.78 is 2.08. The van der Waals surface area contributed by atoms with Crippen molar-refractivity contribution in [3.63, 3.8) is 0 Å². The zero-order valence-electron chi connectivity index (χ0n) is 10.8. The van der Waals surface area contributed by atoms with Gasteiger partial charge in [0.25, 0.3) is 0 Å². The van der Waals surface area contributed by atoms with Crippen molar-refractivity contribution in [1.82, 2.24) is 14.5 Å². The molecule has 0 spiro atoms. The molecule has 0 fully saturated rings. The minimum Gasteiger partial charge on any atom is -0.481 e. The monoisotopic (exact) mass is 297 g/mol. The molecular weight excluding hydrogens is 282 g/mol. The van der Waals surface area contributed by atoms with Crippen LogP contribution in [0.2, 0.25) is 0 Å². The first-order valence-corrected chi connectivity index (χ1v) is 7.76. The number of hydrogen-bond donors (Lipinski definition) is 1. The molecule has 2 aromatic heterocycles. The van der Waals surface area contributed by atoms with E-state index in [0.29, 0.717) is 6.54 Å². The van der Waals surface area contributed by atoms with Gasteiger partial charge in [0.05, 0.1) is 23.5 Å². The van der Waals surface area contributed by atoms with Crippen molar-refractivity contribution >= 4 is 29.1 Å². The maximum Gasteiger partial charge on any atom is 0.313 e. The summed E-state index contributed by atoms with van der Waals surface area (Å²) in [5, 5.41) is 9.52. The van der Waals surface area contributed by atoms with Crippen LogP contribution in [0.1, 0.15) is 23.2 Å². The first-order valence-electron chi connectivity index (χ1n) is 5.89. The van der Waals surface area contributed by atoms with Gasteiger partial charge >= 0.3 is 5.97 Å². The summed E-state index contributed by atoms with van der Waals surface area (Å²) >= 11 is 2.87. The van der Waals surface area contributed by atoms with Crippen molar-refractivity contribution < 1.29 is 9.90 Å². The quantitative estimate of drug-likeness (QED) is 0.829.